The van der Waals surface area contributed by atoms with Gasteiger partial charge in [-0.2, -0.15) is 0 Å². The highest BCUT2D eigenvalue weighted by molar-refractivity contribution is 6.71. The number of carbonyl (C=O) groups is 2. The maximum atomic E-state index is 14.8. The number of nitrogens with zero attached hydrogens (tertiary/aromatic N) is 4. The third-order valence-electron chi connectivity index (χ3n) is 10.8. The fraction of sp³-hybridized carbons (Fsp3) is 0.317. The molecular weight excluding hydrogens is 722 g/mol. The summed E-state index contributed by atoms with van der Waals surface area (Å²) in [4.78, 5) is 41.1. The van der Waals surface area contributed by atoms with Crippen LogP contribution in [0.2, 0.25) is 23.7 Å². The van der Waals surface area contributed by atoms with Gasteiger partial charge in [0.05, 0.1) is 43.7 Å². The molecule has 7 rings (SSSR count). The first-order valence-electron chi connectivity index (χ1n) is 18.0. The number of carbonyl (C=O) groups excluding carboxylic acids is 2. The highest BCUT2D eigenvalue weighted by Gasteiger charge is 2.66. The molecule has 2 aliphatic rings. The minimum absolute atomic E-state index is 0.104. The van der Waals surface area contributed by atoms with Crippen molar-refractivity contribution in [2.75, 3.05) is 23.9 Å². The maximum Gasteiger partial charge on any atom is 0.264 e. The Morgan fingerprint density at radius 3 is 2.44 bits per heavy atom. The van der Waals surface area contributed by atoms with Crippen LogP contribution in [0.15, 0.2) is 103 Å². The summed E-state index contributed by atoms with van der Waals surface area (Å²) in [7, 11) is -1.33. The van der Waals surface area contributed by atoms with Crippen LogP contribution in [0.4, 0.5) is 11.4 Å². The summed E-state index contributed by atoms with van der Waals surface area (Å²) >= 11 is 6.59. The van der Waals surface area contributed by atoms with Gasteiger partial charge in [-0.15, -0.1) is 5.10 Å². The molecular formula is C41H44ClN5O6Si. The second-order valence-corrected chi connectivity index (χ2v) is 19.0. The van der Waals surface area contributed by atoms with Gasteiger partial charge in [-0.25, -0.2) is 0 Å². The molecule has 2 aliphatic heterocycles. The normalized spacial score (nSPS) is 21.4. The summed E-state index contributed by atoms with van der Waals surface area (Å²) in [6, 6.07) is 29.4. The number of methoxy groups -OCH3 is 1. The topological polar surface area (TPSA) is 139 Å². The van der Waals surface area contributed by atoms with Crippen LogP contribution >= 0.6 is 11.6 Å². The van der Waals surface area contributed by atoms with Gasteiger partial charge in [0.25, 0.3) is 11.8 Å². The molecule has 0 saturated carbocycles. The fourth-order valence-corrected chi connectivity index (χ4v) is 11.0. The number of anilines is 2. The third kappa shape index (κ3) is 7.07. The van der Waals surface area contributed by atoms with Gasteiger partial charge >= 0.3 is 0 Å². The fourth-order valence-electron chi connectivity index (χ4n) is 8.20. The smallest absolute Gasteiger partial charge is 0.264 e. The number of halogens is 1. The SMILES string of the molecule is COc1ccc(C(=O)Nc2ccc(CN3C(=O)[C@@]4(O[C@@H](CCn5cc(C(CO)c6ccccc6)nn5)[C@H]([Si](C)(C)O)[C@H]4C)c4cc(Cl)ccc43)cc2)cc1. The molecule has 4 aromatic carbocycles. The first-order chi connectivity index (χ1) is 25.9. The van der Waals surface area contributed by atoms with Crippen molar-refractivity contribution in [1.82, 2.24) is 15.0 Å². The molecule has 1 aromatic heterocycles. The summed E-state index contributed by atoms with van der Waals surface area (Å²) in [5.41, 5.74) is 3.37. The standard InChI is InChI=1S/C41H44ClN5O6Si/c1-26-38(54(3,4)51)37(20-21-46-24-35(44-45-46)33(25-48)28-8-6-5-7-9-28)53-41(26)34-22-30(42)14-19-36(34)47(40(41)50)23-27-10-15-31(16-11-27)43-39(49)29-12-17-32(52-2)18-13-29/h5-19,22,24,26,33,37-38,48,51H,20-21,23,25H2,1-4H3,(H,43,49)/t26-,33?,37+,38-,41+/m1/s1. The van der Waals surface area contributed by atoms with Crippen LogP contribution in [-0.2, 0) is 28.2 Å². The summed E-state index contributed by atoms with van der Waals surface area (Å²) in [6.07, 6.45) is 1.87. The summed E-state index contributed by atoms with van der Waals surface area (Å²) in [6.45, 7) is 6.40. The van der Waals surface area contributed by atoms with Crippen molar-refractivity contribution in [2.45, 2.75) is 62.7 Å². The molecule has 0 bridgehead atoms. The molecule has 5 atom stereocenters. The molecule has 11 nitrogen and oxygen atoms in total. The number of hydrogen-bond donors (Lipinski definition) is 3. The number of aromatic nitrogens is 3. The van der Waals surface area contributed by atoms with E-state index in [1.54, 1.807) is 47.0 Å². The van der Waals surface area contributed by atoms with Gasteiger partial charge in [-0.3, -0.25) is 14.3 Å². The zero-order chi connectivity index (χ0) is 38.2. The Morgan fingerprint density at radius 2 is 1.78 bits per heavy atom. The number of aryl methyl sites for hydroxylation is 1. The van der Waals surface area contributed by atoms with Gasteiger partial charge in [0.1, 0.15) is 5.75 Å². The van der Waals surface area contributed by atoms with Crippen molar-refractivity contribution >= 4 is 43.1 Å². The largest absolute Gasteiger partial charge is 0.497 e. The third-order valence-corrected chi connectivity index (χ3v) is 13.5. The lowest BCUT2D eigenvalue weighted by Gasteiger charge is -2.32. The van der Waals surface area contributed by atoms with E-state index in [0.29, 0.717) is 51.9 Å². The predicted molar refractivity (Wildman–Crippen MR) is 209 cm³/mol. The molecule has 2 amide bonds. The van der Waals surface area contributed by atoms with Gasteiger partial charge in [0, 0.05) is 46.0 Å². The Balaban J connectivity index is 1.11. The number of fused-ring (bicyclic) bond motifs is 2. The highest BCUT2D eigenvalue weighted by Crippen LogP contribution is 2.60. The average molecular weight is 766 g/mol. The van der Waals surface area contributed by atoms with Gasteiger partial charge in [0.2, 0.25) is 0 Å². The van der Waals surface area contributed by atoms with Gasteiger partial charge in [-0.05, 0) is 85.2 Å². The quantitative estimate of drug-likeness (QED) is 0.119. The number of aliphatic hydroxyl groups is 1. The van der Waals surface area contributed by atoms with Crippen LogP contribution in [0.5, 0.6) is 5.75 Å². The lowest BCUT2D eigenvalue weighted by molar-refractivity contribution is -0.146. The molecule has 5 aromatic rings. The summed E-state index contributed by atoms with van der Waals surface area (Å²) < 4.78 is 13.9. The molecule has 54 heavy (non-hydrogen) atoms. The zero-order valence-electron chi connectivity index (χ0n) is 30.6. The number of hydrogen-bond acceptors (Lipinski definition) is 8. The molecule has 1 saturated heterocycles. The van der Waals surface area contributed by atoms with Crippen LogP contribution in [0, 0.1) is 5.92 Å². The molecule has 3 heterocycles. The van der Waals surface area contributed by atoms with Crippen LogP contribution in [0.1, 0.15) is 52.0 Å². The van der Waals surface area contributed by atoms with E-state index in [2.05, 4.69) is 15.6 Å². The van der Waals surface area contributed by atoms with Crippen molar-refractivity contribution < 1.29 is 29.0 Å². The van der Waals surface area contributed by atoms with E-state index in [1.165, 1.54) is 0 Å². The first-order valence-corrected chi connectivity index (χ1v) is 21.5. The molecule has 13 heteroatoms. The van der Waals surface area contributed by atoms with Crippen LogP contribution in [0.25, 0.3) is 0 Å². The van der Waals surface area contributed by atoms with Crippen molar-refractivity contribution in [3.8, 4) is 5.75 Å². The Morgan fingerprint density at radius 1 is 1.06 bits per heavy atom. The number of amides is 2. The lowest BCUT2D eigenvalue weighted by Crippen LogP contribution is -2.46. The second kappa shape index (κ2) is 15.1. The Kier molecular flexibility index (Phi) is 10.5. The van der Waals surface area contributed by atoms with Crippen LogP contribution < -0.4 is 15.0 Å². The Bertz CT molecular complexity index is 2120. The first kappa shape index (κ1) is 37.5. The number of rotatable bonds is 12. The van der Waals surface area contributed by atoms with Gasteiger partial charge < -0.3 is 29.6 Å². The molecule has 1 spiro atoms. The van der Waals surface area contributed by atoms with Crippen molar-refractivity contribution in [3.05, 3.63) is 136 Å². The minimum atomic E-state index is -2.90. The van der Waals surface area contributed by atoms with Crippen LogP contribution in [0.3, 0.4) is 0 Å². The van der Waals surface area contributed by atoms with E-state index in [1.807, 2.05) is 92.9 Å². The molecule has 0 aliphatic carbocycles. The predicted octanol–water partition coefficient (Wildman–Crippen LogP) is 6.75. The number of nitrogens with one attached hydrogen (secondary N) is 1. The monoisotopic (exact) mass is 765 g/mol. The van der Waals surface area contributed by atoms with E-state index < -0.39 is 20.0 Å². The minimum Gasteiger partial charge on any atom is -0.497 e. The maximum absolute atomic E-state index is 14.8. The summed E-state index contributed by atoms with van der Waals surface area (Å²) in [5.74, 6) is -0.443. The molecule has 1 unspecified atom stereocenters. The van der Waals surface area contributed by atoms with Crippen molar-refractivity contribution in [1.29, 1.82) is 0 Å². The Labute approximate surface area is 320 Å². The van der Waals surface area contributed by atoms with Crippen molar-refractivity contribution in [3.63, 3.8) is 0 Å². The van der Waals surface area contributed by atoms with Gasteiger partial charge in [0.15, 0.2) is 13.9 Å². The van der Waals surface area contributed by atoms with Crippen molar-refractivity contribution in [2.24, 2.45) is 5.92 Å². The lowest BCUT2D eigenvalue weighted by atomic mass is 9.82. The van der Waals surface area contributed by atoms with E-state index in [0.717, 1.165) is 11.1 Å². The number of aliphatic hydroxyl groups excluding tert-OH is 1. The molecule has 3 N–H and O–H groups in total. The Hall–Kier alpha value is -4.85. The zero-order valence-corrected chi connectivity index (χ0v) is 32.4. The van der Waals surface area contributed by atoms with E-state index in [-0.39, 0.29) is 42.3 Å². The van der Waals surface area contributed by atoms with E-state index in [4.69, 9.17) is 21.1 Å². The average Bonchev–Trinajstić information content (AvgIpc) is 3.82. The van der Waals surface area contributed by atoms with Crippen LogP contribution in [-0.4, -0.2) is 64.8 Å². The molecule has 1 fully saturated rings. The molecule has 0 radical (unpaired) electrons. The number of benzene rings is 4. The molecule has 280 valence electrons. The highest BCUT2D eigenvalue weighted by atomic mass is 35.5. The number of ether oxygens (including phenoxy) is 2. The van der Waals surface area contributed by atoms with E-state index in [9.17, 15) is 19.5 Å². The summed E-state index contributed by atoms with van der Waals surface area (Å²) in [5, 5.41) is 22.3. The van der Waals surface area contributed by atoms with E-state index >= 15 is 0 Å². The van der Waals surface area contributed by atoms with Gasteiger partial charge in [-0.1, -0.05) is 66.2 Å². The second-order valence-electron chi connectivity index (χ2n) is 14.6.